The molecule has 0 unspecified atom stereocenters. The second kappa shape index (κ2) is 9.89. The molecule has 29 heavy (non-hydrogen) atoms. The Kier molecular flexibility index (Phi) is 7.57. The van der Waals surface area contributed by atoms with E-state index in [1.54, 1.807) is 24.3 Å². The van der Waals surface area contributed by atoms with Crippen LogP contribution in [0.3, 0.4) is 0 Å². The Hall–Kier alpha value is -3.11. The Morgan fingerprint density at radius 1 is 1.07 bits per heavy atom. The molecule has 0 aliphatic rings. The fraction of sp³-hybridized carbons (Fsp3) is 0.263. The second-order valence-electron chi connectivity index (χ2n) is 6.13. The summed E-state index contributed by atoms with van der Waals surface area (Å²) in [7, 11) is -4.07. The maximum Gasteiger partial charge on any atom is 0.264 e. The number of amides is 2. The van der Waals surface area contributed by atoms with Gasteiger partial charge in [0.2, 0.25) is 5.91 Å². The molecule has 0 aliphatic heterocycles. The lowest BCUT2D eigenvalue weighted by molar-refractivity contribution is -0.119. The topological polar surface area (TPSA) is 131 Å². The van der Waals surface area contributed by atoms with E-state index in [4.69, 9.17) is 10.6 Å². The van der Waals surface area contributed by atoms with Crippen LogP contribution < -0.4 is 25.6 Å². The van der Waals surface area contributed by atoms with Gasteiger partial charge in [-0.25, -0.2) is 14.3 Å². The zero-order chi connectivity index (χ0) is 21.4. The van der Waals surface area contributed by atoms with E-state index in [9.17, 15) is 18.0 Å². The summed E-state index contributed by atoms with van der Waals surface area (Å²) in [5.41, 5.74) is 2.68. The molecule has 2 aromatic rings. The van der Waals surface area contributed by atoms with Crippen LogP contribution >= 0.6 is 0 Å². The van der Waals surface area contributed by atoms with Crippen molar-refractivity contribution < 1.29 is 22.7 Å². The van der Waals surface area contributed by atoms with Gasteiger partial charge in [0, 0.05) is 12.6 Å². The highest BCUT2D eigenvalue weighted by Crippen LogP contribution is 2.26. The van der Waals surface area contributed by atoms with Crippen LogP contribution in [0.2, 0.25) is 0 Å². The number of nitrogens with zero attached hydrogens (tertiary/aromatic N) is 1. The first kappa shape index (κ1) is 22.2. The number of hydrazine groups is 1. The molecule has 0 radical (unpaired) electrons. The number of hydrogen-bond acceptors (Lipinski definition) is 6. The molecule has 2 aromatic carbocycles. The van der Waals surface area contributed by atoms with Crippen molar-refractivity contribution >= 4 is 33.2 Å². The number of hydrogen-bond donors (Lipinski definition) is 3. The molecular formula is C19H24N4O5S. The van der Waals surface area contributed by atoms with Crippen molar-refractivity contribution in [2.45, 2.75) is 25.2 Å². The number of sulfonamides is 1. The molecule has 0 aliphatic carbocycles. The van der Waals surface area contributed by atoms with Crippen molar-refractivity contribution in [2.24, 2.45) is 5.84 Å². The van der Waals surface area contributed by atoms with E-state index in [1.807, 2.05) is 12.3 Å². The van der Waals surface area contributed by atoms with Crippen molar-refractivity contribution in [1.29, 1.82) is 0 Å². The molecule has 4 N–H and O–H groups in total. The van der Waals surface area contributed by atoms with Crippen LogP contribution in [0.25, 0.3) is 0 Å². The third kappa shape index (κ3) is 5.93. The first-order valence-electron chi connectivity index (χ1n) is 8.90. The highest BCUT2D eigenvalue weighted by molar-refractivity contribution is 7.92. The number of anilines is 2. The Morgan fingerprint density at radius 2 is 1.69 bits per heavy atom. The average molecular weight is 420 g/mol. The fourth-order valence-electron chi connectivity index (χ4n) is 2.46. The van der Waals surface area contributed by atoms with Crippen molar-refractivity contribution in [3.63, 3.8) is 0 Å². The van der Waals surface area contributed by atoms with E-state index in [-0.39, 0.29) is 16.5 Å². The van der Waals surface area contributed by atoms with Crippen LogP contribution in [0, 0.1) is 0 Å². The zero-order valence-corrected chi connectivity index (χ0v) is 17.0. The largest absolute Gasteiger partial charge is 0.494 e. The number of carbonyl (C=O) groups is 2. The molecule has 0 fully saturated rings. The molecule has 0 atom stereocenters. The molecule has 10 heteroatoms. The number of ether oxygens (including phenoxy) is 1. The summed E-state index contributed by atoms with van der Waals surface area (Å²) < 4.78 is 32.8. The molecule has 0 saturated heterocycles. The van der Waals surface area contributed by atoms with E-state index in [0.717, 1.165) is 10.7 Å². The van der Waals surface area contributed by atoms with Gasteiger partial charge in [-0.2, -0.15) is 0 Å². The van der Waals surface area contributed by atoms with Gasteiger partial charge < -0.3 is 10.1 Å². The van der Waals surface area contributed by atoms with Crippen LogP contribution in [-0.4, -0.2) is 33.4 Å². The smallest absolute Gasteiger partial charge is 0.264 e. The van der Waals surface area contributed by atoms with E-state index >= 15 is 0 Å². The van der Waals surface area contributed by atoms with Gasteiger partial charge in [-0.15, -0.1) is 0 Å². The average Bonchev–Trinajstić information content (AvgIpc) is 2.70. The van der Waals surface area contributed by atoms with E-state index in [2.05, 4.69) is 5.32 Å². The normalized spacial score (nSPS) is 10.9. The van der Waals surface area contributed by atoms with Crippen LogP contribution in [0.15, 0.2) is 53.4 Å². The Morgan fingerprint density at radius 3 is 2.21 bits per heavy atom. The summed E-state index contributed by atoms with van der Waals surface area (Å²) in [5.74, 6) is 4.80. The summed E-state index contributed by atoms with van der Waals surface area (Å²) in [6.45, 7) is 3.37. The minimum atomic E-state index is -4.07. The second-order valence-corrected chi connectivity index (χ2v) is 7.99. The summed E-state index contributed by atoms with van der Waals surface area (Å²) >= 11 is 0. The van der Waals surface area contributed by atoms with Gasteiger partial charge in [0.25, 0.3) is 15.9 Å². The lowest BCUT2D eigenvalue weighted by Crippen LogP contribution is -2.43. The summed E-state index contributed by atoms with van der Waals surface area (Å²) in [6.07, 6.45) is 0.841. The van der Waals surface area contributed by atoms with Gasteiger partial charge in [0.1, 0.15) is 12.3 Å². The van der Waals surface area contributed by atoms with Gasteiger partial charge in [-0.1, -0.05) is 6.92 Å². The third-order valence-corrected chi connectivity index (χ3v) is 5.60. The van der Waals surface area contributed by atoms with Crippen LogP contribution in [0.4, 0.5) is 11.4 Å². The molecule has 2 amide bonds. The molecule has 0 spiro atoms. The molecule has 156 valence electrons. The van der Waals surface area contributed by atoms with Crippen LogP contribution in [0.5, 0.6) is 5.75 Å². The first-order chi connectivity index (χ1) is 13.8. The van der Waals surface area contributed by atoms with Crippen molar-refractivity contribution in [3.05, 3.63) is 48.5 Å². The zero-order valence-electron chi connectivity index (χ0n) is 16.2. The number of benzene rings is 2. The molecule has 0 saturated carbocycles. The summed E-state index contributed by atoms with van der Waals surface area (Å²) in [6, 6.07) is 12.0. The molecule has 0 bridgehead atoms. The SMILES string of the molecule is CCCOc1ccc(N(CC(=O)NN)S(=O)(=O)c2ccc(NC(C)=O)cc2)cc1. The molecule has 0 heterocycles. The molecule has 2 rings (SSSR count). The number of nitrogens with two attached hydrogens (primary N) is 1. The Bertz CT molecular complexity index is 944. The maximum atomic E-state index is 13.2. The predicted molar refractivity (Wildman–Crippen MR) is 110 cm³/mol. The minimum absolute atomic E-state index is 0.0391. The Labute approximate surface area is 169 Å². The van der Waals surface area contributed by atoms with Crippen LogP contribution in [0.1, 0.15) is 20.3 Å². The first-order valence-corrected chi connectivity index (χ1v) is 10.3. The highest BCUT2D eigenvalue weighted by atomic mass is 32.2. The minimum Gasteiger partial charge on any atom is -0.494 e. The van der Waals surface area contributed by atoms with Gasteiger partial charge in [0.05, 0.1) is 17.2 Å². The van der Waals surface area contributed by atoms with Gasteiger partial charge in [0.15, 0.2) is 0 Å². The van der Waals surface area contributed by atoms with E-state index in [0.29, 0.717) is 18.0 Å². The summed E-state index contributed by atoms with van der Waals surface area (Å²) in [5, 5.41) is 2.57. The van der Waals surface area contributed by atoms with Crippen molar-refractivity contribution in [3.8, 4) is 5.75 Å². The van der Waals surface area contributed by atoms with Crippen molar-refractivity contribution in [1.82, 2.24) is 5.43 Å². The predicted octanol–water partition coefficient (Wildman–Crippen LogP) is 1.62. The quantitative estimate of drug-likeness (QED) is 0.321. The lowest BCUT2D eigenvalue weighted by atomic mass is 10.3. The number of rotatable bonds is 9. The monoisotopic (exact) mass is 420 g/mol. The Balaban J connectivity index is 2.37. The van der Waals surface area contributed by atoms with E-state index in [1.165, 1.54) is 31.2 Å². The standard InChI is InChI=1S/C19H24N4O5S/c1-3-12-28-17-8-6-16(7-9-17)23(13-19(25)22-20)29(26,27)18-10-4-15(5-11-18)21-14(2)24/h4-11H,3,12-13,20H2,1-2H3,(H,21,24)(H,22,25). The highest BCUT2D eigenvalue weighted by Gasteiger charge is 2.27. The van der Waals surface area contributed by atoms with Gasteiger partial charge in [-0.05, 0) is 55.0 Å². The molecule has 0 aromatic heterocycles. The lowest BCUT2D eigenvalue weighted by Gasteiger charge is -2.24. The number of nitrogens with one attached hydrogen (secondary N) is 2. The maximum absolute atomic E-state index is 13.2. The van der Waals surface area contributed by atoms with Crippen molar-refractivity contribution in [2.75, 3.05) is 22.8 Å². The third-order valence-electron chi connectivity index (χ3n) is 3.81. The molecule has 9 nitrogen and oxygen atoms in total. The summed E-state index contributed by atoms with van der Waals surface area (Å²) in [4.78, 5) is 22.9. The fourth-order valence-corrected chi connectivity index (χ4v) is 3.88. The molecular weight excluding hydrogens is 396 g/mol. The van der Waals surface area contributed by atoms with E-state index < -0.39 is 22.5 Å². The van der Waals surface area contributed by atoms with Crippen LogP contribution in [-0.2, 0) is 19.6 Å². The number of carbonyl (C=O) groups excluding carboxylic acids is 2. The van der Waals surface area contributed by atoms with Gasteiger partial charge in [-0.3, -0.25) is 19.3 Å². The van der Waals surface area contributed by atoms with Gasteiger partial charge >= 0.3 is 0 Å².